The molecule has 190 valence electrons. The van der Waals surface area contributed by atoms with E-state index in [2.05, 4.69) is 35.8 Å². The zero-order valence-electron chi connectivity index (χ0n) is 21.1. The smallest absolute Gasteiger partial charge is 0.258 e. The molecule has 0 aliphatic carbocycles. The minimum atomic E-state index is -0.551. The Morgan fingerprint density at radius 1 is 1.11 bits per heavy atom. The first-order chi connectivity index (χ1) is 17.8. The van der Waals surface area contributed by atoms with E-state index in [1.807, 2.05) is 51.1 Å². The lowest BCUT2D eigenvalue weighted by Gasteiger charge is -2.30. The van der Waals surface area contributed by atoms with Crippen molar-refractivity contribution in [3.05, 3.63) is 71.5 Å². The van der Waals surface area contributed by atoms with Crippen molar-refractivity contribution in [1.82, 2.24) is 30.0 Å². The van der Waals surface area contributed by atoms with Crippen molar-refractivity contribution < 1.29 is 14.3 Å². The fourth-order valence-electron chi connectivity index (χ4n) is 4.57. The third-order valence-electron chi connectivity index (χ3n) is 6.45. The van der Waals surface area contributed by atoms with Crippen LogP contribution in [-0.4, -0.2) is 54.2 Å². The first kappa shape index (κ1) is 24.3. The van der Waals surface area contributed by atoms with Gasteiger partial charge in [0.05, 0.1) is 40.7 Å². The van der Waals surface area contributed by atoms with Gasteiger partial charge in [0.1, 0.15) is 5.82 Å². The fourth-order valence-corrected chi connectivity index (χ4v) is 4.57. The van der Waals surface area contributed by atoms with E-state index in [0.717, 1.165) is 5.56 Å². The minimum absolute atomic E-state index is 0.0752. The maximum absolute atomic E-state index is 12.7. The molecule has 0 bridgehead atoms. The Bertz CT molecular complexity index is 1440. The first-order valence-corrected chi connectivity index (χ1v) is 12.0. The van der Waals surface area contributed by atoms with Crippen LogP contribution < -0.4 is 10.6 Å². The van der Waals surface area contributed by atoms with E-state index in [4.69, 9.17) is 4.42 Å². The third-order valence-corrected chi connectivity index (χ3v) is 6.45. The molecule has 0 spiro atoms. The van der Waals surface area contributed by atoms with Gasteiger partial charge < -0.3 is 25.1 Å². The number of hydrogen-bond acceptors (Lipinski definition) is 10. The number of nitrogens with one attached hydrogen (secondary N) is 2. The Labute approximate surface area is 214 Å². The van der Waals surface area contributed by atoms with Crippen LogP contribution >= 0.6 is 0 Å². The molecular weight excluding hydrogens is 472 g/mol. The highest BCUT2D eigenvalue weighted by Crippen LogP contribution is 2.37. The number of aliphatic hydroxyl groups excluding tert-OH is 1. The molecule has 0 saturated carbocycles. The maximum atomic E-state index is 12.7. The number of carbonyl (C=O) groups is 1. The number of fused-ring (bicyclic) bond motifs is 1. The molecule has 3 aromatic heterocycles. The number of aryl methyl sites for hydroxylation is 1. The summed E-state index contributed by atoms with van der Waals surface area (Å²) >= 11 is 0. The molecule has 1 amide bonds. The van der Waals surface area contributed by atoms with Gasteiger partial charge in [0.15, 0.2) is 0 Å². The Kier molecular flexibility index (Phi) is 6.30. The van der Waals surface area contributed by atoms with Crippen molar-refractivity contribution in [3.63, 3.8) is 0 Å². The first-order valence-electron chi connectivity index (χ1n) is 12.0. The number of anilines is 3. The number of rotatable bonds is 8. The number of aromatic nitrogens is 5. The largest absolute Gasteiger partial charge is 0.421 e. The van der Waals surface area contributed by atoms with Crippen LogP contribution in [0.25, 0.3) is 11.5 Å². The summed E-state index contributed by atoms with van der Waals surface area (Å²) in [6, 6.07) is 11.0. The molecule has 37 heavy (non-hydrogen) atoms. The molecule has 0 saturated heterocycles. The fraction of sp³-hybridized carbons (Fsp3) is 0.308. The number of amides is 1. The monoisotopic (exact) mass is 500 g/mol. The molecule has 1 aliphatic heterocycles. The highest BCUT2D eigenvalue weighted by Gasteiger charge is 2.44. The molecule has 11 heteroatoms. The quantitative estimate of drug-likeness (QED) is 0.327. The molecule has 4 aromatic rings. The van der Waals surface area contributed by atoms with Crippen LogP contribution in [0.5, 0.6) is 0 Å². The zero-order chi connectivity index (χ0) is 26.2. The molecule has 0 unspecified atom stereocenters. The van der Waals surface area contributed by atoms with E-state index in [1.165, 1.54) is 0 Å². The van der Waals surface area contributed by atoms with E-state index in [-0.39, 0.29) is 18.6 Å². The van der Waals surface area contributed by atoms with Crippen LogP contribution in [0.4, 0.5) is 17.5 Å². The lowest BCUT2D eigenvalue weighted by Crippen LogP contribution is -2.39. The summed E-state index contributed by atoms with van der Waals surface area (Å²) in [5.41, 5.74) is 2.74. The molecule has 0 radical (unpaired) electrons. The van der Waals surface area contributed by atoms with Crippen molar-refractivity contribution in [2.75, 3.05) is 23.8 Å². The Morgan fingerprint density at radius 2 is 1.86 bits per heavy atom. The van der Waals surface area contributed by atoms with E-state index in [0.29, 0.717) is 52.6 Å². The van der Waals surface area contributed by atoms with Crippen molar-refractivity contribution in [3.8, 4) is 11.5 Å². The van der Waals surface area contributed by atoms with Crippen LogP contribution in [0.3, 0.4) is 0 Å². The normalized spacial score (nSPS) is 14.9. The van der Waals surface area contributed by atoms with Crippen LogP contribution in [0, 0.1) is 6.92 Å². The average Bonchev–Trinajstić information content (AvgIpc) is 3.41. The van der Waals surface area contributed by atoms with Crippen molar-refractivity contribution in [1.29, 1.82) is 0 Å². The molecule has 11 nitrogen and oxygen atoms in total. The summed E-state index contributed by atoms with van der Waals surface area (Å²) in [5.74, 6) is 1.43. The predicted octanol–water partition coefficient (Wildman–Crippen LogP) is 3.83. The standard InChI is InChI=1S/C26H28N8O3/c1-5-34-24(36)18-13-28-25(31-22(18)26(34,3)4)30-21-11-19(17(12-27-21)23-33-32-15(2)37-23)29-20(14-35)16-9-7-6-8-10-16/h6-13,20,35H,5,14H2,1-4H3,(H2,27,28,29,30,31)/t20-/m1/s1. The second kappa shape index (κ2) is 9.58. The summed E-state index contributed by atoms with van der Waals surface area (Å²) < 4.78 is 5.65. The molecule has 3 N–H and O–H groups in total. The molecule has 1 atom stereocenters. The molecular formula is C26H28N8O3. The summed E-state index contributed by atoms with van der Waals surface area (Å²) in [6.07, 6.45) is 3.16. The molecule has 5 rings (SSSR count). The zero-order valence-corrected chi connectivity index (χ0v) is 21.1. The summed E-state index contributed by atoms with van der Waals surface area (Å²) in [5, 5.41) is 24.7. The summed E-state index contributed by atoms with van der Waals surface area (Å²) in [6.45, 7) is 8.03. The van der Waals surface area contributed by atoms with Gasteiger partial charge in [-0.05, 0) is 26.3 Å². The summed E-state index contributed by atoms with van der Waals surface area (Å²) in [4.78, 5) is 28.0. The van der Waals surface area contributed by atoms with E-state index in [1.54, 1.807) is 30.3 Å². The highest BCUT2D eigenvalue weighted by molar-refractivity contribution is 5.99. The number of carbonyl (C=O) groups excluding carboxylic acids is 1. The third kappa shape index (κ3) is 4.49. The minimum Gasteiger partial charge on any atom is -0.421 e. The molecule has 0 fully saturated rings. The van der Waals surface area contributed by atoms with Gasteiger partial charge in [0.25, 0.3) is 11.8 Å². The Balaban J connectivity index is 1.49. The number of benzene rings is 1. The van der Waals surface area contributed by atoms with Gasteiger partial charge in [-0.3, -0.25) is 4.79 Å². The maximum Gasteiger partial charge on any atom is 0.258 e. The molecule has 1 aromatic carbocycles. The highest BCUT2D eigenvalue weighted by atomic mass is 16.4. The van der Waals surface area contributed by atoms with Gasteiger partial charge in [-0.2, -0.15) is 0 Å². The lowest BCUT2D eigenvalue weighted by molar-refractivity contribution is 0.0631. The van der Waals surface area contributed by atoms with Gasteiger partial charge >= 0.3 is 0 Å². The van der Waals surface area contributed by atoms with Gasteiger partial charge in [0, 0.05) is 31.9 Å². The van der Waals surface area contributed by atoms with E-state index < -0.39 is 5.54 Å². The molecule has 1 aliphatic rings. The number of aliphatic hydroxyl groups is 1. The molecule has 4 heterocycles. The number of hydrogen-bond donors (Lipinski definition) is 3. The predicted molar refractivity (Wildman–Crippen MR) is 137 cm³/mol. The van der Waals surface area contributed by atoms with Crippen molar-refractivity contribution >= 4 is 23.4 Å². The second-order valence-corrected chi connectivity index (χ2v) is 9.22. The van der Waals surface area contributed by atoms with E-state index >= 15 is 0 Å². The van der Waals surface area contributed by atoms with Gasteiger partial charge in [-0.1, -0.05) is 30.3 Å². The Morgan fingerprint density at radius 3 is 2.54 bits per heavy atom. The SMILES string of the molecule is CCN1C(=O)c2cnc(Nc3cc(N[C@H](CO)c4ccccc4)c(-c4nnc(C)o4)cn3)nc2C1(C)C. The topological polar surface area (TPSA) is 142 Å². The summed E-state index contributed by atoms with van der Waals surface area (Å²) in [7, 11) is 0. The van der Waals surface area contributed by atoms with E-state index in [9.17, 15) is 9.90 Å². The van der Waals surface area contributed by atoms with Gasteiger partial charge in [-0.25, -0.2) is 15.0 Å². The number of pyridine rings is 1. The Hall–Kier alpha value is -4.38. The average molecular weight is 501 g/mol. The van der Waals surface area contributed by atoms with Crippen LogP contribution in [0.15, 0.2) is 53.2 Å². The second-order valence-electron chi connectivity index (χ2n) is 9.22. The van der Waals surface area contributed by atoms with Crippen LogP contribution in [0.2, 0.25) is 0 Å². The van der Waals surface area contributed by atoms with Crippen LogP contribution in [-0.2, 0) is 5.54 Å². The number of nitrogens with zero attached hydrogens (tertiary/aromatic N) is 6. The van der Waals surface area contributed by atoms with Crippen LogP contribution in [0.1, 0.15) is 54.3 Å². The van der Waals surface area contributed by atoms with Gasteiger partial charge in [-0.15, -0.1) is 10.2 Å². The lowest BCUT2D eigenvalue weighted by atomic mass is 10.0. The van der Waals surface area contributed by atoms with Crippen molar-refractivity contribution in [2.45, 2.75) is 39.3 Å². The van der Waals surface area contributed by atoms with Gasteiger partial charge in [0.2, 0.25) is 11.8 Å². The van der Waals surface area contributed by atoms with Crippen molar-refractivity contribution in [2.24, 2.45) is 0 Å².